The summed E-state index contributed by atoms with van der Waals surface area (Å²) < 4.78 is 18.3. The highest BCUT2D eigenvalue weighted by atomic mass is 16.7. The zero-order chi connectivity index (χ0) is 23.3. The van der Waals surface area contributed by atoms with Gasteiger partial charge < -0.3 is 24.2 Å². The van der Waals surface area contributed by atoms with Crippen molar-refractivity contribution >= 4 is 17.7 Å². The number of nitrogens with one attached hydrogen (secondary N) is 1. The molecule has 9 heteroatoms. The summed E-state index contributed by atoms with van der Waals surface area (Å²) in [5, 5.41) is 10.2. The molecule has 1 aromatic rings. The molecular formula is C25H32N3O6+. The molecule has 1 unspecified atom stereocenters. The van der Waals surface area contributed by atoms with Gasteiger partial charge in [0.15, 0.2) is 11.8 Å². The molecule has 0 aromatic heterocycles. The van der Waals surface area contributed by atoms with Crippen LogP contribution in [0.5, 0.6) is 5.75 Å². The van der Waals surface area contributed by atoms with E-state index in [1.54, 1.807) is 4.90 Å². The zero-order valence-corrected chi connectivity index (χ0v) is 19.3. The van der Waals surface area contributed by atoms with Gasteiger partial charge in [-0.05, 0) is 49.4 Å². The highest BCUT2D eigenvalue weighted by Crippen LogP contribution is 2.37. The van der Waals surface area contributed by atoms with Crippen molar-refractivity contribution in [1.82, 2.24) is 9.80 Å². The summed E-state index contributed by atoms with van der Waals surface area (Å²) in [7, 11) is 0. The molecule has 1 aliphatic carbocycles. The fourth-order valence-electron chi connectivity index (χ4n) is 6.26. The molecule has 34 heavy (non-hydrogen) atoms. The summed E-state index contributed by atoms with van der Waals surface area (Å²) in [5.41, 5.74) is 1.54. The summed E-state index contributed by atoms with van der Waals surface area (Å²) in [4.78, 5) is 31.1. The second kappa shape index (κ2) is 8.62. The number of likely N-dealkylation sites (tertiary alicyclic amines) is 1. The standard InChI is InChI=1S/C25H31N3O6/c29-22-7-6-20(23(30)26-22)28-15-16-14-17(4-5-18(16)24(28)31)34-21-3-1-2-19(21)27-10-8-25(9-11-27)32-12-13-33-25/h4-5,14,19-21H,1-3,6-13,15H2,(H,26,29,30)/p+1/t19-,20?,21-/m1/s1. The lowest BCUT2D eigenvalue weighted by atomic mass is 10.0. The number of carbonyl (C=O) groups excluding carboxylic acids is 2. The van der Waals surface area contributed by atoms with Crippen LogP contribution in [0.25, 0.3) is 0 Å². The van der Waals surface area contributed by atoms with E-state index in [-0.39, 0.29) is 29.6 Å². The normalized spacial score (nSPS) is 31.2. The van der Waals surface area contributed by atoms with Crippen LogP contribution in [0, 0.1) is 0 Å². The first-order valence-corrected chi connectivity index (χ1v) is 12.5. The smallest absolute Gasteiger partial charge is 0.388 e. The Labute approximate surface area is 198 Å². The molecule has 0 bridgehead atoms. The highest BCUT2D eigenvalue weighted by Gasteiger charge is 2.44. The Balaban J connectivity index is 1.12. The van der Waals surface area contributed by atoms with Crippen LogP contribution in [-0.2, 0) is 20.8 Å². The molecule has 182 valence electrons. The van der Waals surface area contributed by atoms with Crippen molar-refractivity contribution in [2.75, 3.05) is 26.3 Å². The second-order valence-corrected chi connectivity index (χ2v) is 10.0. The van der Waals surface area contributed by atoms with E-state index >= 15 is 0 Å². The van der Waals surface area contributed by atoms with Crippen molar-refractivity contribution in [3.05, 3.63) is 29.3 Å². The van der Waals surface area contributed by atoms with Crippen LogP contribution in [-0.4, -0.2) is 82.9 Å². The number of nitrogens with zero attached hydrogens (tertiary/aromatic N) is 2. The van der Waals surface area contributed by atoms with E-state index in [1.807, 2.05) is 18.2 Å². The molecule has 1 aromatic carbocycles. The van der Waals surface area contributed by atoms with Crippen LogP contribution in [0.4, 0.5) is 0 Å². The number of piperidine rings is 1. The van der Waals surface area contributed by atoms with Crippen molar-refractivity contribution in [3.63, 3.8) is 0 Å². The van der Waals surface area contributed by atoms with Crippen LogP contribution in [0.2, 0.25) is 0 Å². The van der Waals surface area contributed by atoms with Gasteiger partial charge in [0.2, 0.25) is 0 Å². The number of hydrogen-bond acceptors (Lipinski definition) is 6. The number of amides is 2. The van der Waals surface area contributed by atoms with Crippen LogP contribution in [0.3, 0.4) is 0 Å². The molecule has 4 heterocycles. The fraction of sp³-hybridized carbons (Fsp3) is 0.640. The summed E-state index contributed by atoms with van der Waals surface area (Å²) in [6.45, 7) is 3.70. The van der Waals surface area contributed by atoms with Gasteiger partial charge in [-0.3, -0.25) is 9.69 Å². The lowest BCUT2D eigenvalue weighted by Gasteiger charge is -2.41. The molecule has 2 saturated heterocycles. The average Bonchev–Trinajstić information content (AvgIpc) is 3.55. The third-order valence-corrected chi connectivity index (χ3v) is 8.06. The van der Waals surface area contributed by atoms with Gasteiger partial charge in [0.1, 0.15) is 11.9 Å². The minimum absolute atomic E-state index is 0.119. The lowest BCUT2D eigenvalue weighted by molar-refractivity contribution is -0.394. The monoisotopic (exact) mass is 470 g/mol. The Hall–Kier alpha value is -2.49. The Kier molecular flexibility index (Phi) is 5.58. The number of ether oxygens (including phenoxy) is 3. The first-order valence-electron chi connectivity index (χ1n) is 12.5. The van der Waals surface area contributed by atoms with E-state index in [2.05, 4.69) is 9.89 Å². The molecule has 1 spiro atoms. The van der Waals surface area contributed by atoms with Gasteiger partial charge in [-0.1, -0.05) is 0 Å². The summed E-state index contributed by atoms with van der Waals surface area (Å²) in [6, 6.07) is 5.56. The number of benzene rings is 1. The quantitative estimate of drug-likeness (QED) is 0.661. The molecule has 5 aliphatic rings. The van der Waals surface area contributed by atoms with Gasteiger partial charge in [0.25, 0.3) is 5.91 Å². The maximum absolute atomic E-state index is 13.0. The van der Waals surface area contributed by atoms with Crippen LogP contribution in [0.1, 0.15) is 60.9 Å². The van der Waals surface area contributed by atoms with Crippen molar-refractivity contribution in [1.29, 1.82) is 0 Å². The van der Waals surface area contributed by atoms with Crippen molar-refractivity contribution in [2.24, 2.45) is 0 Å². The number of fused-ring (bicyclic) bond motifs is 1. The van der Waals surface area contributed by atoms with Crippen LogP contribution >= 0.6 is 0 Å². The first kappa shape index (κ1) is 22.0. The number of aliphatic hydroxyl groups is 1. The predicted molar refractivity (Wildman–Crippen MR) is 120 cm³/mol. The predicted octanol–water partition coefficient (Wildman–Crippen LogP) is 0.507. The third-order valence-electron chi connectivity index (χ3n) is 8.06. The topological polar surface area (TPSA) is 103 Å². The largest absolute Gasteiger partial charge is 0.489 e. The Morgan fingerprint density at radius 3 is 2.65 bits per heavy atom. The minimum atomic E-state index is -0.489. The molecule has 3 fully saturated rings. The van der Waals surface area contributed by atoms with E-state index in [1.165, 1.54) is 0 Å². The van der Waals surface area contributed by atoms with E-state index in [0.717, 1.165) is 56.5 Å². The summed E-state index contributed by atoms with van der Waals surface area (Å²) in [6.07, 6.45) is 5.93. The average molecular weight is 471 g/mol. The van der Waals surface area contributed by atoms with E-state index < -0.39 is 6.04 Å². The first-order chi connectivity index (χ1) is 16.5. The zero-order valence-electron chi connectivity index (χ0n) is 19.3. The van der Waals surface area contributed by atoms with E-state index in [0.29, 0.717) is 44.2 Å². The summed E-state index contributed by atoms with van der Waals surface area (Å²) in [5.74, 6) is -0.0547. The van der Waals surface area contributed by atoms with E-state index in [4.69, 9.17) is 14.2 Å². The third kappa shape index (κ3) is 3.89. The van der Waals surface area contributed by atoms with Gasteiger partial charge in [0.05, 0.1) is 19.6 Å². The van der Waals surface area contributed by atoms with Crippen molar-refractivity contribution < 1.29 is 33.9 Å². The Bertz CT molecular complexity index is 1010. The number of rotatable bonds is 4. The number of carbonyl (C=O) groups is 2. The molecule has 3 atom stereocenters. The molecule has 2 N–H and O–H groups in total. The van der Waals surface area contributed by atoms with Crippen molar-refractivity contribution in [2.45, 2.75) is 75.5 Å². The number of aliphatic hydroxyl groups excluding tert-OH is 1. The van der Waals surface area contributed by atoms with Crippen LogP contribution < -0.4 is 9.73 Å². The van der Waals surface area contributed by atoms with E-state index in [9.17, 15) is 14.7 Å². The van der Waals surface area contributed by atoms with Gasteiger partial charge >= 0.3 is 11.8 Å². The molecule has 4 aliphatic heterocycles. The maximum Gasteiger partial charge on any atom is 0.388 e. The molecular weight excluding hydrogens is 438 g/mol. The molecule has 2 amide bonds. The minimum Gasteiger partial charge on any atom is -0.489 e. The van der Waals surface area contributed by atoms with Gasteiger partial charge in [-0.15, -0.1) is 4.99 Å². The van der Waals surface area contributed by atoms with Gasteiger partial charge in [0, 0.05) is 44.1 Å². The molecule has 1 saturated carbocycles. The van der Waals surface area contributed by atoms with Gasteiger partial charge in [-0.25, -0.2) is 4.79 Å². The Morgan fingerprint density at radius 1 is 1.09 bits per heavy atom. The molecule has 9 nitrogen and oxygen atoms in total. The molecule has 0 radical (unpaired) electrons. The fourth-order valence-corrected chi connectivity index (χ4v) is 6.26. The van der Waals surface area contributed by atoms with Crippen molar-refractivity contribution in [3.8, 4) is 5.75 Å². The van der Waals surface area contributed by atoms with Crippen LogP contribution in [0.15, 0.2) is 18.2 Å². The maximum atomic E-state index is 13.0. The second-order valence-electron chi connectivity index (χ2n) is 10.0. The lowest BCUT2D eigenvalue weighted by Crippen LogP contribution is -2.82. The SMILES string of the molecule is O=C1CCC(N2Cc3cc(O[C@@H]4CCC[C@H]4N4CCC5(CC4)OCCO5)ccc3C2=O)C(O)=[NH+]1. The Morgan fingerprint density at radius 2 is 1.88 bits per heavy atom. The van der Waals surface area contributed by atoms with Gasteiger partial charge in [-0.2, -0.15) is 0 Å². The summed E-state index contributed by atoms with van der Waals surface area (Å²) >= 11 is 0. The molecule has 6 rings (SSSR count). The number of hydrogen-bond donors (Lipinski definition) is 2. The highest BCUT2D eigenvalue weighted by molar-refractivity contribution is 6.01.